The summed E-state index contributed by atoms with van der Waals surface area (Å²) in [5.41, 5.74) is 0. The molecule has 0 aromatic carbocycles. The van der Waals surface area contributed by atoms with Crippen LogP contribution in [0.4, 0.5) is 0 Å². The Kier molecular flexibility index (Phi) is 3.27. The topological polar surface area (TPSA) is 80.5 Å². The highest BCUT2D eigenvalue weighted by Gasteiger charge is 2.35. The van der Waals surface area contributed by atoms with Crippen molar-refractivity contribution in [3.05, 3.63) is 44.9 Å². The number of hydrogen-bond acceptors (Lipinski definition) is 3. The lowest BCUT2D eigenvalue weighted by molar-refractivity contribution is -0.637. The number of nitrogens with zero attached hydrogens (tertiary/aromatic N) is 4. The van der Waals surface area contributed by atoms with Gasteiger partial charge in [0.05, 0.1) is 17.7 Å². The van der Waals surface area contributed by atoms with Crippen LogP contribution < -0.4 is 5.36 Å². The van der Waals surface area contributed by atoms with Crippen molar-refractivity contribution in [2.45, 2.75) is 18.9 Å². The molecule has 1 saturated heterocycles. The molecule has 0 N–H and O–H groups in total. The maximum absolute atomic E-state index is 11.7. The monoisotopic (exact) mass is 237 g/mol. The van der Waals surface area contributed by atoms with E-state index in [0.29, 0.717) is 40.9 Å². The Bertz CT molecular complexity index is 478. The predicted octanol–water partition coefficient (Wildman–Crippen LogP) is 0.370. The van der Waals surface area contributed by atoms with Crippen LogP contribution in [0.1, 0.15) is 12.8 Å². The fraction of sp³-hybridized carbons (Fsp3) is 0.500. The zero-order valence-electron chi connectivity index (χ0n) is 9.23. The van der Waals surface area contributed by atoms with E-state index in [0.717, 1.165) is 4.76 Å². The minimum absolute atomic E-state index is 0.250. The molecule has 0 atom stereocenters. The largest absolute Gasteiger partial charge is 0.806 e. The molecule has 0 aliphatic carbocycles. The van der Waals surface area contributed by atoms with Crippen molar-refractivity contribution in [3.63, 3.8) is 0 Å². The number of pyridine rings is 1. The summed E-state index contributed by atoms with van der Waals surface area (Å²) in [6.07, 6.45) is 3.61. The van der Waals surface area contributed by atoms with Crippen LogP contribution in [0.2, 0.25) is 0 Å². The number of aromatic nitrogens is 1. The molecule has 90 valence electrons. The first-order valence-electron chi connectivity index (χ1n) is 5.44. The van der Waals surface area contributed by atoms with Crippen molar-refractivity contribution in [1.82, 2.24) is 4.73 Å². The summed E-state index contributed by atoms with van der Waals surface area (Å²) < 4.78 is 1.58. The van der Waals surface area contributed by atoms with Gasteiger partial charge in [-0.2, -0.15) is 0 Å². The van der Waals surface area contributed by atoms with Gasteiger partial charge in [0, 0.05) is 22.4 Å². The van der Waals surface area contributed by atoms with Gasteiger partial charge in [-0.25, -0.2) is 0 Å². The summed E-state index contributed by atoms with van der Waals surface area (Å²) in [6.45, 7) is 0.739. The summed E-state index contributed by atoms with van der Waals surface area (Å²) in [5, 5.41) is 15.1. The molecule has 1 fully saturated rings. The van der Waals surface area contributed by atoms with Crippen LogP contribution in [0.5, 0.6) is 0 Å². The quantitative estimate of drug-likeness (QED) is 0.550. The van der Waals surface area contributed by atoms with Gasteiger partial charge in [0.2, 0.25) is 6.04 Å². The van der Waals surface area contributed by atoms with Gasteiger partial charge in [0.15, 0.2) is 18.0 Å². The van der Waals surface area contributed by atoms with Crippen LogP contribution in [0.15, 0.2) is 29.6 Å². The van der Waals surface area contributed by atoms with Crippen LogP contribution in [0.25, 0.3) is 0 Å². The van der Waals surface area contributed by atoms with Crippen molar-refractivity contribution < 1.29 is 9.63 Å². The molecule has 0 saturated carbocycles. The Morgan fingerprint density at radius 2 is 1.94 bits per heavy atom. The third-order valence-electron chi connectivity index (χ3n) is 2.73. The lowest BCUT2D eigenvalue weighted by Crippen LogP contribution is -2.33. The van der Waals surface area contributed by atoms with Crippen molar-refractivity contribution >= 4 is 0 Å². The normalized spacial score (nSPS) is 16.8. The zero-order valence-corrected chi connectivity index (χ0v) is 9.23. The minimum Gasteiger partial charge on any atom is -0.806 e. The molecule has 0 radical (unpaired) electrons. The molecule has 0 unspecified atom stereocenters. The van der Waals surface area contributed by atoms with Gasteiger partial charge in [-0.15, -0.1) is 0 Å². The molecular weight excluding hydrogens is 224 g/mol. The Hall–Kier alpha value is -2.05. The van der Waals surface area contributed by atoms with Crippen LogP contribution in [-0.2, 0) is 0 Å². The summed E-state index contributed by atoms with van der Waals surface area (Å²) in [4.78, 5) is 23.3. The molecule has 1 aliphatic heterocycles. The maximum Gasteiger partial charge on any atom is 0.249 e. The SMILES string of the molecule is O=[N+]1CCC([N+](=O)N=c2ccn([O-])cc2)CC1. The molecule has 0 bridgehead atoms. The van der Waals surface area contributed by atoms with E-state index in [1.807, 2.05) is 0 Å². The lowest BCUT2D eigenvalue weighted by Gasteiger charge is -2.07. The third kappa shape index (κ3) is 2.96. The standard InChI is InChI=1S/C10H13N4O3/c15-12-5-1-9(2-6-12)11-14(17)10-3-7-13(16)8-4-10/h1-2,5-6,10H,3-4,7-8H2/q+1. The van der Waals surface area contributed by atoms with E-state index in [-0.39, 0.29) is 6.04 Å². The van der Waals surface area contributed by atoms with Crippen molar-refractivity contribution in [1.29, 1.82) is 0 Å². The Labute approximate surface area is 97.1 Å². The molecule has 2 rings (SSSR count). The summed E-state index contributed by atoms with van der Waals surface area (Å²) in [6, 6.07) is 2.70. The molecule has 7 heteroatoms. The fourth-order valence-electron chi connectivity index (χ4n) is 1.73. The fourth-order valence-corrected chi connectivity index (χ4v) is 1.73. The summed E-state index contributed by atoms with van der Waals surface area (Å²) in [5.74, 6) is 0. The Morgan fingerprint density at radius 1 is 1.35 bits per heavy atom. The highest BCUT2D eigenvalue weighted by Crippen LogP contribution is 2.09. The van der Waals surface area contributed by atoms with Gasteiger partial charge in [0.25, 0.3) is 0 Å². The Balaban J connectivity index is 2.08. The Morgan fingerprint density at radius 3 is 2.53 bits per heavy atom. The second-order valence-electron chi connectivity index (χ2n) is 3.98. The van der Waals surface area contributed by atoms with Crippen molar-refractivity contribution in [2.75, 3.05) is 13.1 Å². The molecule has 1 aromatic heterocycles. The maximum atomic E-state index is 11.7. The van der Waals surface area contributed by atoms with Crippen LogP contribution in [0.3, 0.4) is 0 Å². The molecule has 0 amide bonds. The van der Waals surface area contributed by atoms with Crippen LogP contribution in [-0.4, -0.2) is 33.5 Å². The van der Waals surface area contributed by atoms with Crippen molar-refractivity contribution in [2.24, 2.45) is 5.10 Å². The van der Waals surface area contributed by atoms with E-state index in [4.69, 9.17) is 0 Å². The highest BCUT2D eigenvalue weighted by molar-refractivity contribution is 4.93. The van der Waals surface area contributed by atoms with Crippen molar-refractivity contribution in [3.8, 4) is 0 Å². The van der Waals surface area contributed by atoms with E-state index >= 15 is 0 Å². The van der Waals surface area contributed by atoms with Crippen LogP contribution >= 0.6 is 0 Å². The second-order valence-corrected chi connectivity index (χ2v) is 3.98. The molecule has 1 aliphatic rings. The average molecular weight is 237 g/mol. The first-order chi connectivity index (χ1) is 8.15. The molecular formula is C10H13N4O3+. The second kappa shape index (κ2) is 4.86. The van der Waals surface area contributed by atoms with Gasteiger partial charge < -0.3 is 9.94 Å². The predicted molar refractivity (Wildman–Crippen MR) is 58.8 cm³/mol. The average Bonchev–Trinajstić information content (AvgIpc) is 2.33. The number of rotatable bonds is 2. The molecule has 1 aromatic rings. The van der Waals surface area contributed by atoms with Gasteiger partial charge in [-0.05, 0) is 16.9 Å². The summed E-state index contributed by atoms with van der Waals surface area (Å²) in [7, 11) is 0. The zero-order chi connectivity index (χ0) is 12.3. The summed E-state index contributed by atoms with van der Waals surface area (Å²) >= 11 is 0. The number of nitroso groups, excluding NO2 is 2. The van der Waals surface area contributed by atoms with Crippen LogP contribution in [0, 0.1) is 15.0 Å². The first kappa shape index (κ1) is 11.4. The molecule has 2 heterocycles. The van der Waals surface area contributed by atoms with E-state index < -0.39 is 0 Å². The van der Waals surface area contributed by atoms with E-state index in [9.17, 15) is 15.0 Å². The van der Waals surface area contributed by atoms with Gasteiger partial charge in [0.1, 0.15) is 5.36 Å². The molecule has 7 nitrogen and oxygen atoms in total. The van der Waals surface area contributed by atoms with E-state index in [2.05, 4.69) is 5.10 Å². The lowest BCUT2D eigenvalue weighted by atomic mass is 10.1. The number of piperidine rings is 1. The van der Waals surface area contributed by atoms with Gasteiger partial charge >= 0.3 is 0 Å². The van der Waals surface area contributed by atoms with Gasteiger partial charge in [-0.1, -0.05) is 0 Å². The van der Waals surface area contributed by atoms with E-state index in [1.54, 1.807) is 0 Å². The molecule has 17 heavy (non-hydrogen) atoms. The third-order valence-corrected chi connectivity index (χ3v) is 2.73. The number of hydrogen-bond donors (Lipinski definition) is 0. The van der Waals surface area contributed by atoms with Gasteiger partial charge in [-0.3, -0.25) is 0 Å². The highest BCUT2D eigenvalue weighted by atomic mass is 16.5. The molecule has 0 spiro atoms. The smallest absolute Gasteiger partial charge is 0.249 e. The minimum atomic E-state index is -0.250. The van der Waals surface area contributed by atoms with E-state index in [1.165, 1.54) is 24.5 Å². The first-order valence-corrected chi connectivity index (χ1v) is 5.44.